The molecular formula is C31H37N5O4S. The van der Waals surface area contributed by atoms with Gasteiger partial charge in [-0.1, -0.05) is 12.1 Å². The Hall–Kier alpha value is -3.34. The van der Waals surface area contributed by atoms with Crippen LogP contribution in [-0.4, -0.2) is 84.8 Å². The maximum Gasteiger partial charge on any atom is 0.253 e. The molecule has 10 heteroatoms. The Morgan fingerprint density at radius 1 is 0.854 bits per heavy atom. The molecule has 6 rings (SSSR count). The van der Waals surface area contributed by atoms with Gasteiger partial charge in [0.25, 0.3) is 5.91 Å². The second kappa shape index (κ2) is 12.3. The van der Waals surface area contributed by atoms with Crippen LogP contribution in [0.1, 0.15) is 48.9 Å². The number of anilines is 2. The number of aromatic nitrogens is 2. The van der Waals surface area contributed by atoms with Gasteiger partial charge in [-0.15, -0.1) is 0 Å². The number of amides is 1. The highest BCUT2D eigenvalue weighted by Crippen LogP contribution is 2.27. The van der Waals surface area contributed by atoms with Gasteiger partial charge in [0.15, 0.2) is 9.84 Å². The number of rotatable bonds is 7. The summed E-state index contributed by atoms with van der Waals surface area (Å²) in [5, 5.41) is 2.82. The second-order valence-electron chi connectivity index (χ2n) is 11.1. The number of benzene rings is 2. The maximum atomic E-state index is 13.1. The fraction of sp³-hybridized carbons (Fsp3) is 0.452. The number of likely N-dealkylation sites (tertiary alicyclic amines) is 2. The van der Waals surface area contributed by atoms with E-state index in [-0.39, 0.29) is 5.91 Å². The lowest BCUT2D eigenvalue weighted by atomic mass is 10.0. The highest BCUT2D eigenvalue weighted by atomic mass is 32.2. The first-order valence-electron chi connectivity index (χ1n) is 14.6. The van der Waals surface area contributed by atoms with Gasteiger partial charge in [-0.2, -0.15) is 0 Å². The van der Waals surface area contributed by atoms with Crippen molar-refractivity contribution in [1.82, 2.24) is 19.8 Å². The van der Waals surface area contributed by atoms with E-state index in [0.29, 0.717) is 54.2 Å². The Morgan fingerprint density at radius 2 is 1.54 bits per heavy atom. The largest absolute Gasteiger partial charge is 0.381 e. The molecule has 0 unspecified atom stereocenters. The van der Waals surface area contributed by atoms with E-state index in [4.69, 9.17) is 4.74 Å². The minimum atomic E-state index is -3.39. The zero-order chi connectivity index (χ0) is 28.2. The molecule has 0 atom stereocenters. The molecule has 41 heavy (non-hydrogen) atoms. The van der Waals surface area contributed by atoms with E-state index in [2.05, 4.69) is 20.2 Å². The van der Waals surface area contributed by atoms with Crippen molar-refractivity contribution < 1.29 is 17.9 Å². The van der Waals surface area contributed by atoms with Gasteiger partial charge in [0.1, 0.15) is 0 Å². The van der Waals surface area contributed by atoms with Gasteiger partial charge in [-0.25, -0.2) is 18.4 Å². The van der Waals surface area contributed by atoms with Crippen molar-refractivity contribution in [2.75, 3.05) is 44.7 Å². The summed E-state index contributed by atoms with van der Waals surface area (Å²) in [7, 11) is -3.39. The number of nitrogens with zero attached hydrogens (tertiary/aromatic N) is 4. The molecule has 0 spiro atoms. The van der Waals surface area contributed by atoms with Crippen molar-refractivity contribution in [3.05, 3.63) is 66.4 Å². The number of piperidine rings is 1. The van der Waals surface area contributed by atoms with Crippen LogP contribution in [0.4, 0.5) is 11.6 Å². The first kappa shape index (κ1) is 27.8. The molecule has 1 aromatic heterocycles. The first-order valence-corrected chi connectivity index (χ1v) is 16.2. The minimum absolute atomic E-state index is 0.0805. The third-order valence-corrected chi connectivity index (χ3v) is 10.8. The van der Waals surface area contributed by atoms with E-state index in [1.807, 2.05) is 29.2 Å². The van der Waals surface area contributed by atoms with Gasteiger partial charge in [-0.3, -0.25) is 4.79 Å². The Morgan fingerprint density at radius 3 is 2.22 bits per heavy atom. The van der Waals surface area contributed by atoms with Gasteiger partial charge in [0.2, 0.25) is 5.95 Å². The highest BCUT2D eigenvalue weighted by molar-refractivity contribution is 7.92. The number of nitrogens with one attached hydrogen (secondary N) is 1. The summed E-state index contributed by atoms with van der Waals surface area (Å²) in [6, 6.07) is 16.7. The van der Waals surface area contributed by atoms with E-state index in [0.717, 1.165) is 37.2 Å². The topological polar surface area (TPSA) is 105 Å². The van der Waals surface area contributed by atoms with Gasteiger partial charge < -0.3 is 19.9 Å². The Labute approximate surface area is 241 Å². The van der Waals surface area contributed by atoms with Crippen molar-refractivity contribution in [1.29, 1.82) is 0 Å². The monoisotopic (exact) mass is 575 g/mol. The molecule has 0 saturated carbocycles. The molecular weight excluding hydrogens is 538 g/mol. The zero-order valence-electron chi connectivity index (χ0n) is 23.2. The van der Waals surface area contributed by atoms with E-state index >= 15 is 0 Å². The average molecular weight is 576 g/mol. The van der Waals surface area contributed by atoms with Crippen LogP contribution in [0.15, 0.2) is 65.7 Å². The smallest absolute Gasteiger partial charge is 0.253 e. The summed E-state index contributed by atoms with van der Waals surface area (Å²) in [6.07, 6.45) is 7.41. The summed E-state index contributed by atoms with van der Waals surface area (Å²) >= 11 is 0. The standard InChI is InChI=1S/C31H37N5O4S/c37-30(36-19-12-26(13-20-36)35-17-1-2-18-35)24-3-7-25(8-4-24)33-31-32-16-11-29(34-31)23-5-9-27(10-6-23)41(38,39)28-14-21-40-22-15-28/h3-11,16,26,28H,1-2,12-15,17-22H2,(H,32,33,34). The summed E-state index contributed by atoms with van der Waals surface area (Å²) in [5.74, 6) is 0.501. The molecule has 3 fully saturated rings. The molecule has 0 radical (unpaired) electrons. The molecule has 0 bridgehead atoms. The quantitative estimate of drug-likeness (QED) is 0.438. The van der Waals surface area contributed by atoms with Gasteiger partial charge in [-0.05, 0) is 94.1 Å². The van der Waals surface area contributed by atoms with Crippen molar-refractivity contribution in [3.63, 3.8) is 0 Å². The van der Waals surface area contributed by atoms with E-state index in [1.165, 1.54) is 25.9 Å². The van der Waals surface area contributed by atoms with Crippen molar-refractivity contribution in [2.45, 2.75) is 54.7 Å². The van der Waals surface area contributed by atoms with Crippen LogP contribution in [0, 0.1) is 0 Å². The Bertz CT molecular complexity index is 1440. The number of carbonyl (C=O) groups is 1. The third kappa shape index (κ3) is 6.29. The van der Waals surface area contributed by atoms with Gasteiger partial charge >= 0.3 is 0 Å². The normalized spacial score (nSPS) is 19.4. The summed E-state index contributed by atoms with van der Waals surface area (Å²) in [5.41, 5.74) is 2.95. The van der Waals surface area contributed by atoms with Crippen LogP contribution in [0.5, 0.6) is 0 Å². The van der Waals surface area contributed by atoms with Crippen molar-refractivity contribution in [2.24, 2.45) is 0 Å². The van der Waals surface area contributed by atoms with E-state index in [1.54, 1.807) is 36.5 Å². The van der Waals surface area contributed by atoms with Crippen LogP contribution in [0.3, 0.4) is 0 Å². The van der Waals surface area contributed by atoms with Gasteiger partial charge in [0.05, 0.1) is 15.8 Å². The highest BCUT2D eigenvalue weighted by Gasteiger charge is 2.30. The molecule has 1 N–H and O–H groups in total. The number of hydrogen-bond acceptors (Lipinski definition) is 8. The molecule has 2 aromatic carbocycles. The Balaban J connectivity index is 1.07. The fourth-order valence-electron chi connectivity index (χ4n) is 6.12. The Kier molecular flexibility index (Phi) is 8.32. The van der Waals surface area contributed by atoms with Crippen LogP contribution in [-0.2, 0) is 14.6 Å². The zero-order valence-corrected chi connectivity index (χ0v) is 24.1. The summed E-state index contributed by atoms with van der Waals surface area (Å²) in [4.78, 5) is 27.0. The number of hydrogen-bond donors (Lipinski definition) is 1. The average Bonchev–Trinajstić information content (AvgIpc) is 3.57. The number of carbonyl (C=O) groups excluding carboxylic acids is 1. The lowest BCUT2D eigenvalue weighted by Crippen LogP contribution is -2.45. The minimum Gasteiger partial charge on any atom is -0.381 e. The molecule has 4 heterocycles. The lowest BCUT2D eigenvalue weighted by molar-refractivity contribution is 0.0644. The van der Waals surface area contributed by atoms with Crippen LogP contribution in [0.2, 0.25) is 0 Å². The summed E-state index contributed by atoms with van der Waals surface area (Å²) < 4.78 is 31.3. The molecule has 3 aliphatic rings. The predicted molar refractivity (Wildman–Crippen MR) is 158 cm³/mol. The first-order chi connectivity index (χ1) is 20.0. The lowest BCUT2D eigenvalue weighted by Gasteiger charge is -2.36. The molecule has 9 nitrogen and oxygen atoms in total. The van der Waals surface area contributed by atoms with E-state index in [9.17, 15) is 13.2 Å². The van der Waals surface area contributed by atoms with Gasteiger partial charge in [0, 0.05) is 55.4 Å². The number of ether oxygens (including phenoxy) is 1. The van der Waals surface area contributed by atoms with Crippen molar-refractivity contribution >= 4 is 27.4 Å². The van der Waals surface area contributed by atoms with Crippen LogP contribution >= 0.6 is 0 Å². The van der Waals surface area contributed by atoms with Crippen molar-refractivity contribution in [3.8, 4) is 11.3 Å². The molecule has 1 amide bonds. The van der Waals surface area contributed by atoms with E-state index < -0.39 is 15.1 Å². The summed E-state index contributed by atoms with van der Waals surface area (Å²) in [6.45, 7) is 4.98. The molecule has 216 valence electrons. The fourth-order valence-corrected chi connectivity index (χ4v) is 7.84. The maximum absolute atomic E-state index is 13.1. The number of sulfone groups is 1. The molecule has 3 aromatic rings. The van der Waals surface area contributed by atoms with Crippen LogP contribution in [0.25, 0.3) is 11.3 Å². The predicted octanol–water partition coefficient (Wildman–Crippen LogP) is 4.54. The third-order valence-electron chi connectivity index (χ3n) is 8.54. The second-order valence-corrected chi connectivity index (χ2v) is 13.3. The SMILES string of the molecule is O=C(c1ccc(Nc2nccc(-c3ccc(S(=O)(=O)C4CCOCC4)cc3)n2)cc1)N1CCC(N2CCCC2)CC1. The molecule has 0 aliphatic carbocycles. The van der Waals surface area contributed by atoms with Crippen LogP contribution < -0.4 is 5.32 Å². The molecule has 3 saturated heterocycles. The molecule has 3 aliphatic heterocycles.